The van der Waals surface area contributed by atoms with Gasteiger partial charge in [-0.3, -0.25) is 4.79 Å². The van der Waals surface area contributed by atoms with Gasteiger partial charge in [-0.15, -0.1) is 0 Å². The Morgan fingerprint density at radius 1 is 0.897 bits per heavy atom. The minimum absolute atomic E-state index is 0.121. The number of likely N-dealkylation sites (N-methyl/N-ethyl adjacent to an activating group) is 1. The third-order valence-corrected chi connectivity index (χ3v) is 13.9. The second-order valence-corrected chi connectivity index (χ2v) is 15.4. The van der Waals surface area contributed by atoms with Crippen LogP contribution in [0.25, 0.3) is 0 Å². The fourth-order valence-electron chi connectivity index (χ4n) is 11.7. The fraction of sp³-hybridized carbons (Fsp3) is 0.829. The van der Waals surface area contributed by atoms with Crippen molar-refractivity contribution in [3.05, 3.63) is 24.3 Å². The van der Waals surface area contributed by atoms with Crippen LogP contribution in [0.15, 0.2) is 24.3 Å². The number of hydrogen-bond donors (Lipinski definition) is 0. The summed E-state index contributed by atoms with van der Waals surface area (Å²) in [5.41, 5.74) is 2.95. The van der Waals surface area contributed by atoms with E-state index in [2.05, 4.69) is 70.7 Å². The second kappa shape index (κ2) is 10.0. The van der Waals surface area contributed by atoms with E-state index in [0.29, 0.717) is 41.9 Å². The van der Waals surface area contributed by atoms with Gasteiger partial charge in [-0.2, -0.15) is 5.26 Å². The maximum Gasteiger partial charge on any atom is 0.229 e. The van der Waals surface area contributed by atoms with Crippen molar-refractivity contribution in [1.82, 2.24) is 9.80 Å². The quantitative estimate of drug-likeness (QED) is 0.344. The summed E-state index contributed by atoms with van der Waals surface area (Å²) in [7, 11) is 2.17. The number of amides is 1. The normalized spacial score (nSPS) is 46.0. The van der Waals surface area contributed by atoms with Gasteiger partial charge in [0, 0.05) is 32.6 Å². The van der Waals surface area contributed by atoms with E-state index < -0.39 is 0 Å². The van der Waals surface area contributed by atoms with Crippen LogP contribution in [0.3, 0.4) is 0 Å². The standard InChI is InChI=1S/C35H55N3O/c1-24(2)26-12-16-35(31(39)38-22-20-37(8)21-23-38)18-17-33(6)28(30(26)35)10-11-29-32(5,14-9-19-36)27(25(3)4)13-15-34(29,33)7/h26-30H,1,3,9-18,20-23H2,2,4-8H3/t26-,27-,28+,29+,30+,32-,33+,34+,35-/m0/s1. The second-order valence-electron chi connectivity index (χ2n) is 15.4. The van der Waals surface area contributed by atoms with Crippen molar-refractivity contribution in [3.63, 3.8) is 0 Å². The number of nitriles is 1. The zero-order valence-corrected chi connectivity index (χ0v) is 26.0. The smallest absolute Gasteiger partial charge is 0.229 e. The van der Waals surface area contributed by atoms with Crippen LogP contribution in [0.5, 0.6) is 0 Å². The molecule has 5 rings (SSSR count). The van der Waals surface area contributed by atoms with Crippen LogP contribution in [-0.4, -0.2) is 48.9 Å². The molecule has 0 spiro atoms. The molecule has 0 bridgehead atoms. The summed E-state index contributed by atoms with van der Waals surface area (Å²) in [6, 6.07) is 2.49. The first-order chi connectivity index (χ1) is 18.4. The molecule has 0 aromatic carbocycles. The van der Waals surface area contributed by atoms with Gasteiger partial charge < -0.3 is 9.80 Å². The molecule has 5 fully saturated rings. The molecule has 4 heteroatoms. The third kappa shape index (κ3) is 4.11. The first-order valence-corrected chi connectivity index (χ1v) is 16.0. The maximum absolute atomic E-state index is 14.5. The van der Waals surface area contributed by atoms with Crippen molar-refractivity contribution in [3.8, 4) is 6.07 Å². The minimum atomic E-state index is -0.202. The molecule has 1 saturated heterocycles. The number of piperazine rings is 1. The molecule has 9 atom stereocenters. The van der Waals surface area contributed by atoms with Crippen LogP contribution >= 0.6 is 0 Å². The summed E-state index contributed by atoms with van der Waals surface area (Å²) in [6.07, 6.45) is 10.9. The summed E-state index contributed by atoms with van der Waals surface area (Å²) in [6.45, 7) is 24.9. The monoisotopic (exact) mass is 533 g/mol. The van der Waals surface area contributed by atoms with Gasteiger partial charge in [-0.1, -0.05) is 45.1 Å². The highest BCUT2D eigenvalue weighted by Crippen LogP contribution is 2.76. The first kappa shape index (κ1) is 28.9. The van der Waals surface area contributed by atoms with Crippen molar-refractivity contribution in [1.29, 1.82) is 5.26 Å². The van der Waals surface area contributed by atoms with Crippen molar-refractivity contribution >= 4 is 5.91 Å². The number of rotatable bonds is 5. The van der Waals surface area contributed by atoms with E-state index in [1.165, 1.54) is 36.8 Å². The third-order valence-electron chi connectivity index (χ3n) is 13.9. The number of carbonyl (C=O) groups is 1. The van der Waals surface area contributed by atoms with Gasteiger partial charge in [-0.25, -0.2) is 0 Å². The van der Waals surface area contributed by atoms with Crippen LogP contribution < -0.4 is 0 Å². The number of hydrogen-bond acceptors (Lipinski definition) is 3. The molecule has 4 nitrogen and oxygen atoms in total. The van der Waals surface area contributed by atoms with E-state index >= 15 is 0 Å². The summed E-state index contributed by atoms with van der Waals surface area (Å²) in [5.74, 6) is 3.02. The molecule has 0 N–H and O–H groups in total. The van der Waals surface area contributed by atoms with E-state index in [1.807, 2.05) is 0 Å². The lowest BCUT2D eigenvalue weighted by molar-refractivity contribution is -0.217. The highest BCUT2D eigenvalue weighted by molar-refractivity contribution is 5.84. The predicted molar refractivity (Wildman–Crippen MR) is 160 cm³/mol. The van der Waals surface area contributed by atoms with E-state index in [9.17, 15) is 10.1 Å². The molecule has 216 valence electrons. The van der Waals surface area contributed by atoms with Crippen LogP contribution in [0, 0.1) is 62.6 Å². The Labute approximate surface area is 239 Å². The molecule has 0 unspecified atom stereocenters. The minimum Gasteiger partial charge on any atom is -0.340 e. The van der Waals surface area contributed by atoms with Crippen molar-refractivity contribution in [2.24, 2.45) is 51.2 Å². The molecular formula is C35H55N3O. The van der Waals surface area contributed by atoms with Gasteiger partial charge in [0.05, 0.1) is 11.5 Å². The molecule has 1 aliphatic heterocycles. The molecule has 4 aliphatic carbocycles. The molecule has 4 saturated carbocycles. The molecule has 1 heterocycles. The summed E-state index contributed by atoms with van der Waals surface area (Å²) in [4.78, 5) is 19.1. The molecule has 0 aromatic heterocycles. The zero-order chi connectivity index (χ0) is 28.4. The largest absolute Gasteiger partial charge is 0.340 e. The number of carbonyl (C=O) groups excluding carboxylic acids is 1. The van der Waals surface area contributed by atoms with Gasteiger partial charge in [0.1, 0.15) is 0 Å². The maximum atomic E-state index is 14.5. The first-order valence-electron chi connectivity index (χ1n) is 16.0. The molecule has 0 radical (unpaired) electrons. The van der Waals surface area contributed by atoms with Gasteiger partial charge in [0.2, 0.25) is 5.91 Å². The zero-order valence-electron chi connectivity index (χ0n) is 26.0. The molecule has 1 amide bonds. The van der Waals surface area contributed by atoms with Crippen LogP contribution in [-0.2, 0) is 4.79 Å². The van der Waals surface area contributed by atoms with E-state index in [4.69, 9.17) is 0 Å². The SMILES string of the molecule is C=C(C)[C@@H]1CC[C@]2(C(=O)N3CCN(C)CC3)CC[C@]3(C)[C@H](CC[C@@H]4[C@@](C)(CCC#N)[C@H](C(=C)C)CC[C@]43C)[C@@H]12. The van der Waals surface area contributed by atoms with Gasteiger partial charge >= 0.3 is 0 Å². The van der Waals surface area contributed by atoms with Crippen molar-refractivity contribution < 1.29 is 4.79 Å². The van der Waals surface area contributed by atoms with Crippen molar-refractivity contribution in [2.45, 2.75) is 98.8 Å². The Morgan fingerprint density at radius 3 is 2.21 bits per heavy atom. The highest BCUT2D eigenvalue weighted by Gasteiger charge is 2.70. The van der Waals surface area contributed by atoms with E-state index in [-0.39, 0.29) is 21.7 Å². The Kier molecular flexibility index (Phi) is 7.44. The lowest BCUT2D eigenvalue weighted by Gasteiger charge is -2.71. The topological polar surface area (TPSA) is 47.3 Å². The highest BCUT2D eigenvalue weighted by atomic mass is 16.2. The average molecular weight is 534 g/mol. The van der Waals surface area contributed by atoms with Gasteiger partial charge in [0.25, 0.3) is 0 Å². The van der Waals surface area contributed by atoms with Gasteiger partial charge in [0.15, 0.2) is 0 Å². The van der Waals surface area contributed by atoms with Crippen molar-refractivity contribution in [2.75, 3.05) is 33.2 Å². The Balaban J connectivity index is 1.53. The lowest BCUT2D eigenvalue weighted by Crippen LogP contribution is -2.65. The summed E-state index contributed by atoms with van der Waals surface area (Å²) >= 11 is 0. The number of allylic oxidation sites excluding steroid dienone is 2. The fourth-order valence-corrected chi connectivity index (χ4v) is 11.7. The Morgan fingerprint density at radius 2 is 1.59 bits per heavy atom. The van der Waals surface area contributed by atoms with E-state index in [1.54, 1.807) is 0 Å². The molecular weight excluding hydrogens is 478 g/mol. The Hall–Kier alpha value is -1.60. The Bertz CT molecular complexity index is 1050. The van der Waals surface area contributed by atoms with Gasteiger partial charge in [-0.05, 0) is 125 Å². The number of nitrogens with zero attached hydrogens (tertiary/aromatic N) is 3. The lowest BCUT2D eigenvalue weighted by atomic mass is 9.34. The van der Waals surface area contributed by atoms with E-state index in [0.717, 1.165) is 58.3 Å². The van der Waals surface area contributed by atoms with Crippen LogP contribution in [0.1, 0.15) is 98.8 Å². The predicted octanol–water partition coefficient (Wildman–Crippen LogP) is 7.48. The number of fused-ring (bicyclic) bond motifs is 5. The molecule has 0 aromatic rings. The molecule has 39 heavy (non-hydrogen) atoms. The summed E-state index contributed by atoms with van der Waals surface area (Å²) < 4.78 is 0. The van der Waals surface area contributed by atoms with Crippen LogP contribution in [0.2, 0.25) is 0 Å². The molecule has 5 aliphatic rings. The summed E-state index contributed by atoms with van der Waals surface area (Å²) in [5, 5.41) is 9.60. The van der Waals surface area contributed by atoms with Crippen LogP contribution in [0.4, 0.5) is 0 Å². The average Bonchev–Trinajstić information content (AvgIpc) is 3.29.